The molecular formula is C15H19NO3S. The summed E-state index contributed by atoms with van der Waals surface area (Å²) in [6, 6.07) is 2.07. The minimum atomic E-state index is -1.01. The molecule has 0 aromatic carbocycles. The highest BCUT2D eigenvalue weighted by Crippen LogP contribution is 2.50. The van der Waals surface area contributed by atoms with Crippen molar-refractivity contribution in [3.05, 3.63) is 21.9 Å². The van der Waals surface area contributed by atoms with Crippen LogP contribution in [-0.2, 0) is 9.59 Å². The van der Waals surface area contributed by atoms with Crippen LogP contribution in [0.25, 0.3) is 0 Å². The molecule has 0 radical (unpaired) electrons. The summed E-state index contributed by atoms with van der Waals surface area (Å²) in [5, 5.41) is 14.3. The van der Waals surface area contributed by atoms with Gasteiger partial charge in [-0.1, -0.05) is 12.8 Å². The van der Waals surface area contributed by atoms with Crippen molar-refractivity contribution in [1.82, 2.24) is 5.32 Å². The molecule has 1 aromatic heterocycles. The molecule has 1 aromatic rings. The van der Waals surface area contributed by atoms with Gasteiger partial charge >= 0.3 is 5.97 Å². The van der Waals surface area contributed by atoms with Gasteiger partial charge in [-0.2, -0.15) is 0 Å². The Hall–Kier alpha value is -1.36. The van der Waals surface area contributed by atoms with Crippen LogP contribution in [-0.4, -0.2) is 22.5 Å². The Kier molecular flexibility index (Phi) is 3.32. The molecule has 2 atom stereocenters. The molecule has 4 nitrogen and oxygen atoms in total. The number of hydrogen-bond acceptors (Lipinski definition) is 3. The molecule has 0 spiro atoms. The van der Waals surface area contributed by atoms with Crippen LogP contribution < -0.4 is 5.32 Å². The lowest BCUT2D eigenvalue weighted by Crippen LogP contribution is -2.53. The molecule has 2 N–H and O–H groups in total. The molecule has 0 unspecified atom stereocenters. The number of carboxylic acids is 1. The minimum Gasteiger partial charge on any atom is -0.480 e. The van der Waals surface area contributed by atoms with Crippen molar-refractivity contribution in [2.45, 2.75) is 50.5 Å². The maximum Gasteiger partial charge on any atom is 0.329 e. The van der Waals surface area contributed by atoms with Gasteiger partial charge in [0.2, 0.25) is 5.91 Å². The van der Waals surface area contributed by atoms with Crippen LogP contribution in [0.15, 0.2) is 11.4 Å². The summed E-state index contributed by atoms with van der Waals surface area (Å²) in [5.74, 6) is -0.702. The van der Waals surface area contributed by atoms with Gasteiger partial charge < -0.3 is 10.4 Å². The predicted molar refractivity (Wildman–Crippen MR) is 76.9 cm³/mol. The minimum absolute atomic E-state index is 0.0378. The van der Waals surface area contributed by atoms with Gasteiger partial charge in [0.1, 0.15) is 5.54 Å². The number of thiophene rings is 1. The zero-order valence-electron chi connectivity index (χ0n) is 11.5. The molecule has 2 fully saturated rings. The fourth-order valence-corrected chi connectivity index (χ4v) is 4.35. The zero-order chi connectivity index (χ0) is 14.3. The summed E-state index contributed by atoms with van der Waals surface area (Å²) in [6.07, 6.45) is 3.73. The average Bonchev–Trinajstić information content (AvgIpc) is 2.84. The van der Waals surface area contributed by atoms with Crippen LogP contribution in [0.2, 0.25) is 0 Å². The second-order valence-corrected chi connectivity index (χ2v) is 6.95. The van der Waals surface area contributed by atoms with E-state index in [1.165, 1.54) is 10.4 Å². The smallest absolute Gasteiger partial charge is 0.329 e. The van der Waals surface area contributed by atoms with Gasteiger partial charge in [-0.25, -0.2) is 4.79 Å². The molecule has 5 heteroatoms. The molecule has 0 aliphatic heterocycles. The topological polar surface area (TPSA) is 66.4 Å². The normalized spacial score (nSPS) is 27.2. The van der Waals surface area contributed by atoms with Gasteiger partial charge in [0.25, 0.3) is 0 Å². The largest absolute Gasteiger partial charge is 0.480 e. The Morgan fingerprint density at radius 1 is 1.40 bits per heavy atom. The summed E-state index contributed by atoms with van der Waals surface area (Å²) < 4.78 is 0. The first-order chi connectivity index (χ1) is 9.53. The molecule has 2 saturated carbocycles. The van der Waals surface area contributed by atoms with Crippen LogP contribution >= 0.6 is 11.3 Å². The van der Waals surface area contributed by atoms with E-state index in [-0.39, 0.29) is 11.8 Å². The van der Waals surface area contributed by atoms with E-state index >= 15 is 0 Å². The standard InChI is InChI=1S/C15H19NO3S/c1-9-4-7-20-12(9)10-8-11(10)13(17)16-15(14(18)19)5-2-3-6-15/h4,7,10-11H,2-3,5-6,8H2,1H3,(H,16,17)(H,18,19)/t10-,11-/m0/s1. The maximum absolute atomic E-state index is 12.3. The third-order valence-electron chi connectivity index (χ3n) is 4.59. The van der Waals surface area contributed by atoms with E-state index in [1.807, 2.05) is 5.38 Å². The molecule has 0 bridgehead atoms. The second kappa shape index (κ2) is 4.88. The highest BCUT2D eigenvalue weighted by Gasteiger charge is 2.50. The van der Waals surface area contributed by atoms with E-state index in [0.29, 0.717) is 18.8 Å². The van der Waals surface area contributed by atoms with Crippen molar-refractivity contribution in [3.8, 4) is 0 Å². The highest BCUT2D eigenvalue weighted by atomic mass is 32.1. The van der Waals surface area contributed by atoms with E-state index in [9.17, 15) is 14.7 Å². The Balaban J connectivity index is 1.67. The van der Waals surface area contributed by atoms with E-state index in [1.54, 1.807) is 11.3 Å². The van der Waals surface area contributed by atoms with Crippen molar-refractivity contribution in [2.75, 3.05) is 0 Å². The van der Waals surface area contributed by atoms with Crippen molar-refractivity contribution in [3.63, 3.8) is 0 Å². The number of carboxylic acid groups (broad SMARTS) is 1. The number of carbonyl (C=O) groups excluding carboxylic acids is 1. The van der Waals surface area contributed by atoms with Crippen LogP contribution in [0, 0.1) is 12.8 Å². The van der Waals surface area contributed by atoms with Gasteiger partial charge in [0.05, 0.1) is 0 Å². The summed E-state index contributed by atoms with van der Waals surface area (Å²) >= 11 is 1.69. The molecule has 2 aliphatic carbocycles. The Morgan fingerprint density at radius 2 is 2.10 bits per heavy atom. The quantitative estimate of drug-likeness (QED) is 0.897. The summed E-state index contributed by atoms with van der Waals surface area (Å²) in [5.41, 5.74) is 0.235. The van der Waals surface area contributed by atoms with E-state index in [0.717, 1.165) is 19.3 Å². The fraction of sp³-hybridized carbons (Fsp3) is 0.600. The van der Waals surface area contributed by atoms with Gasteiger partial charge in [0.15, 0.2) is 0 Å². The van der Waals surface area contributed by atoms with Gasteiger partial charge in [-0.3, -0.25) is 4.79 Å². The molecule has 108 valence electrons. The number of nitrogens with one attached hydrogen (secondary N) is 1. The van der Waals surface area contributed by atoms with Crippen LogP contribution in [0.5, 0.6) is 0 Å². The van der Waals surface area contributed by atoms with Crippen LogP contribution in [0.3, 0.4) is 0 Å². The van der Waals surface area contributed by atoms with Crippen molar-refractivity contribution in [2.24, 2.45) is 5.92 Å². The molecule has 3 rings (SSSR count). The third-order valence-corrected chi connectivity index (χ3v) is 5.75. The second-order valence-electron chi connectivity index (χ2n) is 6.00. The third kappa shape index (κ3) is 2.24. The first-order valence-electron chi connectivity index (χ1n) is 7.13. The molecule has 1 amide bonds. The van der Waals surface area contributed by atoms with E-state index in [2.05, 4.69) is 18.3 Å². The number of amides is 1. The lowest BCUT2D eigenvalue weighted by Gasteiger charge is -2.25. The fourth-order valence-electron chi connectivity index (χ4n) is 3.24. The zero-order valence-corrected chi connectivity index (χ0v) is 12.3. The van der Waals surface area contributed by atoms with E-state index < -0.39 is 11.5 Å². The molecule has 0 saturated heterocycles. The number of aryl methyl sites for hydroxylation is 1. The summed E-state index contributed by atoms with van der Waals surface area (Å²) in [7, 11) is 0. The molecule has 1 heterocycles. The highest BCUT2D eigenvalue weighted by molar-refractivity contribution is 7.10. The predicted octanol–water partition coefficient (Wildman–Crippen LogP) is 2.67. The molecular weight excluding hydrogens is 274 g/mol. The number of aliphatic carboxylic acids is 1. The van der Waals surface area contributed by atoms with Crippen LogP contribution in [0.1, 0.15) is 48.5 Å². The maximum atomic E-state index is 12.3. The Morgan fingerprint density at radius 3 is 2.65 bits per heavy atom. The molecule has 2 aliphatic rings. The van der Waals surface area contributed by atoms with Crippen molar-refractivity contribution in [1.29, 1.82) is 0 Å². The molecule has 20 heavy (non-hydrogen) atoms. The SMILES string of the molecule is Cc1ccsc1[C@H]1C[C@@H]1C(=O)NC1(C(=O)O)CCCC1. The summed E-state index contributed by atoms with van der Waals surface area (Å²) in [4.78, 5) is 25.1. The Labute approximate surface area is 122 Å². The Bertz CT molecular complexity index is 545. The van der Waals surface area contributed by atoms with Gasteiger partial charge in [-0.05, 0) is 43.2 Å². The van der Waals surface area contributed by atoms with Crippen molar-refractivity contribution >= 4 is 23.2 Å². The lowest BCUT2D eigenvalue weighted by atomic mass is 9.97. The first-order valence-corrected chi connectivity index (χ1v) is 8.01. The lowest BCUT2D eigenvalue weighted by molar-refractivity contribution is -0.147. The summed E-state index contributed by atoms with van der Waals surface area (Å²) in [6.45, 7) is 2.06. The van der Waals surface area contributed by atoms with Gasteiger partial charge in [-0.15, -0.1) is 11.3 Å². The number of rotatable bonds is 4. The van der Waals surface area contributed by atoms with Crippen molar-refractivity contribution < 1.29 is 14.7 Å². The monoisotopic (exact) mass is 293 g/mol. The average molecular weight is 293 g/mol. The van der Waals surface area contributed by atoms with E-state index in [4.69, 9.17) is 0 Å². The van der Waals surface area contributed by atoms with Gasteiger partial charge in [0, 0.05) is 16.7 Å². The van der Waals surface area contributed by atoms with Crippen LogP contribution in [0.4, 0.5) is 0 Å². The number of carbonyl (C=O) groups is 2. The number of hydrogen-bond donors (Lipinski definition) is 2. The first kappa shape index (κ1) is 13.6.